The van der Waals surface area contributed by atoms with Crippen LogP contribution in [0.3, 0.4) is 0 Å². The molecule has 0 fully saturated rings. The van der Waals surface area contributed by atoms with E-state index in [9.17, 15) is 18.3 Å². The van der Waals surface area contributed by atoms with E-state index in [1.54, 1.807) is 0 Å². The van der Waals surface area contributed by atoms with E-state index in [1.165, 1.54) is 11.6 Å². The molecule has 0 aliphatic heterocycles. The van der Waals surface area contributed by atoms with Crippen LogP contribution >= 0.6 is 0 Å². The van der Waals surface area contributed by atoms with Gasteiger partial charge in [0.2, 0.25) is 0 Å². The maximum Gasteiger partial charge on any atom is 0.419 e. The third-order valence-electron chi connectivity index (χ3n) is 4.46. The Labute approximate surface area is 137 Å². The molecule has 1 N–H and O–H groups in total. The van der Waals surface area contributed by atoms with Crippen LogP contribution in [-0.2, 0) is 12.6 Å². The molecule has 0 saturated heterocycles. The predicted molar refractivity (Wildman–Crippen MR) is 86.8 cm³/mol. The van der Waals surface area contributed by atoms with Gasteiger partial charge < -0.3 is 5.11 Å². The number of phenolic OH excluding ortho intramolecular Hbond substituents is 1. The molecule has 0 aromatic heterocycles. The molecule has 4 heteroatoms. The molecule has 0 amide bonds. The predicted octanol–water partition coefficient (Wildman–Crippen LogP) is 5.65. The van der Waals surface area contributed by atoms with Crippen molar-refractivity contribution in [2.45, 2.75) is 12.6 Å². The third kappa shape index (κ3) is 2.26. The maximum absolute atomic E-state index is 13.1. The zero-order chi connectivity index (χ0) is 16.9. The molecule has 24 heavy (non-hydrogen) atoms. The minimum Gasteiger partial charge on any atom is -0.507 e. The number of phenols is 1. The molecule has 0 heterocycles. The summed E-state index contributed by atoms with van der Waals surface area (Å²) in [4.78, 5) is 0. The number of fused-ring (bicyclic) bond motifs is 3. The molecule has 4 rings (SSSR count). The second kappa shape index (κ2) is 5.13. The molecule has 3 aromatic rings. The van der Waals surface area contributed by atoms with Crippen molar-refractivity contribution in [2.24, 2.45) is 0 Å². The lowest BCUT2D eigenvalue weighted by atomic mass is 9.94. The van der Waals surface area contributed by atoms with E-state index < -0.39 is 17.5 Å². The number of rotatable bonds is 1. The fourth-order valence-corrected chi connectivity index (χ4v) is 3.36. The van der Waals surface area contributed by atoms with Gasteiger partial charge in [-0.25, -0.2) is 0 Å². The Morgan fingerprint density at radius 2 is 1.50 bits per heavy atom. The lowest BCUT2D eigenvalue weighted by Gasteiger charge is -2.13. The van der Waals surface area contributed by atoms with Crippen LogP contribution in [0.25, 0.3) is 22.3 Å². The van der Waals surface area contributed by atoms with E-state index in [4.69, 9.17) is 0 Å². The summed E-state index contributed by atoms with van der Waals surface area (Å²) in [7, 11) is 0. The Kier molecular flexibility index (Phi) is 3.17. The summed E-state index contributed by atoms with van der Waals surface area (Å²) in [6.45, 7) is 0. The van der Waals surface area contributed by atoms with Gasteiger partial charge in [0.25, 0.3) is 0 Å². The summed E-state index contributed by atoms with van der Waals surface area (Å²) in [5, 5.41) is 9.53. The highest BCUT2D eigenvalue weighted by molar-refractivity contribution is 5.85. The Hall–Kier alpha value is -2.75. The van der Waals surface area contributed by atoms with Crippen LogP contribution in [0.1, 0.15) is 16.7 Å². The first kappa shape index (κ1) is 14.8. The van der Waals surface area contributed by atoms with Crippen molar-refractivity contribution >= 4 is 0 Å². The molecule has 120 valence electrons. The first-order valence-electron chi connectivity index (χ1n) is 7.56. The molecular weight excluding hydrogens is 313 g/mol. The number of alkyl halides is 3. The molecule has 1 aliphatic carbocycles. The van der Waals surface area contributed by atoms with Gasteiger partial charge in [0.1, 0.15) is 5.75 Å². The second-order valence-electron chi connectivity index (χ2n) is 5.90. The van der Waals surface area contributed by atoms with Gasteiger partial charge in [0.15, 0.2) is 0 Å². The van der Waals surface area contributed by atoms with Gasteiger partial charge in [-0.2, -0.15) is 13.2 Å². The van der Waals surface area contributed by atoms with Gasteiger partial charge in [-0.3, -0.25) is 0 Å². The molecular formula is C20H13F3O. The summed E-state index contributed by atoms with van der Waals surface area (Å²) in [5.41, 5.74) is 4.62. The van der Waals surface area contributed by atoms with Gasteiger partial charge in [-0.1, -0.05) is 48.5 Å². The van der Waals surface area contributed by atoms with E-state index >= 15 is 0 Å². The molecule has 0 bridgehead atoms. The van der Waals surface area contributed by atoms with Crippen molar-refractivity contribution in [1.29, 1.82) is 0 Å². The Morgan fingerprint density at radius 1 is 0.792 bits per heavy atom. The molecule has 0 radical (unpaired) electrons. The van der Waals surface area contributed by atoms with E-state index in [-0.39, 0.29) is 0 Å². The molecule has 1 nitrogen and oxygen atoms in total. The highest BCUT2D eigenvalue weighted by atomic mass is 19.4. The molecule has 3 aromatic carbocycles. The summed E-state index contributed by atoms with van der Waals surface area (Å²) in [5.74, 6) is -0.748. The Morgan fingerprint density at radius 3 is 2.29 bits per heavy atom. The van der Waals surface area contributed by atoms with Gasteiger partial charge in [0, 0.05) is 0 Å². The van der Waals surface area contributed by atoms with Crippen LogP contribution in [0.15, 0.2) is 60.7 Å². The number of hydrogen-bond donors (Lipinski definition) is 1. The molecule has 0 saturated carbocycles. The lowest BCUT2D eigenvalue weighted by Crippen LogP contribution is -2.05. The number of benzene rings is 3. The van der Waals surface area contributed by atoms with Crippen LogP contribution < -0.4 is 0 Å². The zero-order valence-corrected chi connectivity index (χ0v) is 12.6. The maximum atomic E-state index is 13.1. The third-order valence-corrected chi connectivity index (χ3v) is 4.46. The van der Waals surface area contributed by atoms with Crippen LogP contribution in [0.5, 0.6) is 5.75 Å². The van der Waals surface area contributed by atoms with Gasteiger partial charge >= 0.3 is 6.18 Å². The number of aromatic hydroxyl groups is 1. The highest BCUT2D eigenvalue weighted by Crippen LogP contribution is 2.43. The van der Waals surface area contributed by atoms with Crippen molar-refractivity contribution in [1.82, 2.24) is 0 Å². The van der Waals surface area contributed by atoms with Crippen LogP contribution in [-0.4, -0.2) is 5.11 Å². The first-order valence-corrected chi connectivity index (χ1v) is 7.56. The van der Waals surface area contributed by atoms with E-state index in [2.05, 4.69) is 0 Å². The monoisotopic (exact) mass is 326 g/mol. The SMILES string of the molecule is Oc1ccc(-c2cccc3c2Cc2ccccc2-3)cc1C(F)(F)F. The van der Waals surface area contributed by atoms with Gasteiger partial charge in [-0.15, -0.1) is 0 Å². The minimum atomic E-state index is -4.58. The molecule has 1 aliphatic rings. The van der Waals surface area contributed by atoms with Crippen LogP contribution in [0.4, 0.5) is 13.2 Å². The summed E-state index contributed by atoms with van der Waals surface area (Å²) in [6, 6.07) is 17.3. The van der Waals surface area contributed by atoms with Gasteiger partial charge in [-0.05, 0) is 51.9 Å². The van der Waals surface area contributed by atoms with E-state index in [0.717, 1.165) is 34.4 Å². The number of hydrogen-bond acceptors (Lipinski definition) is 1. The summed E-state index contributed by atoms with van der Waals surface area (Å²) < 4.78 is 39.2. The minimum absolute atomic E-state index is 0.463. The second-order valence-corrected chi connectivity index (χ2v) is 5.90. The quantitative estimate of drug-likeness (QED) is 0.479. The van der Waals surface area contributed by atoms with Crippen LogP contribution in [0, 0.1) is 0 Å². The Bertz CT molecular complexity index is 942. The molecule has 0 atom stereocenters. The molecule has 0 unspecified atom stereocenters. The fourth-order valence-electron chi connectivity index (χ4n) is 3.36. The van der Waals surface area contributed by atoms with Gasteiger partial charge in [0.05, 0.1) is 5.56 Å². The average molecular weight is 326 g/mol. The van der Waals surface area contributed by atoms with E-state index in [0.29, 0.717) is 12.0 Å². The van der Waals surface area contributed by atoms with Crippen molar-refractivity contribution in [3.8, 4) is 28.0 Å². The summed E-state index contributed by atoms with van der Waals surface area (Å²) in [6.07, 6.45) is -3.88. The van der Waals surface area contributed by atoms with Crippen molar-refractivity contribution in [3.05, 3.63) is 77.4 Å². The summed E-state index contributed by atoms with van der Waals surface area (Å²) >= 11 is 0. The Balaban J connectivity index is 1.89. The normalized spacial score (nSPS) is 12.8. The van der Waals surface area contributed by atoms with E-state index in [1.807, 2.05) is 42.5 Å². The fraction of sp³-hybridized carbons (Fsp3) is 0.100. The standard InChI is InChI=1S/C20H13F3O/c21-20(22,23)18-11-13(8-9-19(18)24)15-6-3-7-16-14-5-2-1-4-12(14)10-17(15)16/h1-9,11,24H,10H2. The largest absolute Gasteiger partial charge is 0.507 e. The highest BCUT2D eigenvalue weighted by Gasteiger charge is 2.34. The zero-order valence-electron chi connectivity index (χ0n) is 12.6. The van der Waals surface area contributed by atoms with Crippen molar-refractivity contribution in [2.75, 3.05) is 0 Å². The van der Waals surface area contributed by atoms with Crippen molar-refractivity contribution in [3.63, 3.8) is 0 Å². The molecule has 0 spiro atoms. The van der Waals surface area contributed by atoms with Crippen molar-refractivity contribution < 1.29 is 18.3 Å². The number of halogens is 3. The first-order chi connectivity index (χ1) is 11.4. The lowest BCUT2D eigenvalue weighted by molar-refractivity contribution is -0.138. The average Bonchev–Trinajstić information content (AvgIpc) is 2.93. The van der Waals surface area contributed by atoms with Crippen LogP contribution in [0.2, 0.25) is 0 Å². The topological polar surface area (TPSA) is 20.2 Å². The smallest absolute Gasteiger partial charge is 0.419 e.